The number of hydrogen-bond acceptors (Lipinski definition) is 4. The van der Waals surface area contributed by atoms with Gasteiger partial charge in [-0.3, -0.25) is 4.79 Å². The number of halogens is 3. The average Bonchev–Trinajstić information content (AvgIpc) is 3.07. The molecule has 3 rings (SSSR count). The van der Waals surface area contributed by atoms with Gasteiger partial charge < -0.3 is 15.3 Å². The number of rotatable bonds is 3. The van der Waals surface area contributed by atoms with E-state index in [2.05, 4.69) is 11.4 Å². The summed E-state index contributed by atoms with van der Waals surface area (Å²) in [6.45, 7) is 1.17. The highest BCUT2D eigenvalue weighted by Crippen LogP contribution is 2.51. The maximum absolute atomic E-state index is 12.1. The molecule has 1 atom stereocenters. The van der Waals surface area contributed by atoms with Gasteiger partial charge in [0, 0.05) is 12.6 Å². The van der Waals surface area contributed by atoms with Gasteiger partial charge in [0.15, 0.2) is 0 Å². The number of nitrogens with zero attached hydrogens (tertiary/aromatic N) is 2. The molecule has 1 amide bonds. The van der Waals surface area contributed by atoms with E-state index in [0.29, 0.717) is 18.0 Å². The van der Waals surface area contributed by atoms with Crippen molar-refractivity contribution in [2.24, 2.45) is 5.41 Å². The van der Waals surface area contributed by atoms with Crippen LogP contribution in [0.4, 0.5) is 13.2 Å². The summed E-state index contributed by atoms with van der Waals surface area (Å²) in [6.07, 6.45) is 6.20. The van der Waals surface area contributed by atoms with Crippen molar-refractivity contribution in [3.63, 3.8) is 0 Å². The van der Waals surface area contributed by atoms with Gasteiger partial charge >= 0.3 is 12.1 Å². The summed E-state index contributed by atoms with van der Waals surface area (Å²) >= 11 is 0. The molecule has 1 heterocycles. The number of nitrogens with one attached hydrogen (secondary N) is 1. The Bertz CT molecular complexity index is 575. The molecule has 1 spiro atoms. The third kappa shape index (κ3) is 5.83. The maximum atomic E-state index is 12.1. The number of carboxylic acids is 1. The second-order valence-electron chi connectivity index (χ2n) is 7.72. The predicted molar refractivity (Wildman–Crippen MR) is 90.6 cm³/mol. The number of hydrogen-bond donors (Lipinski definition) is 2. The monoisotopic (exact) mass is 389 g/mol. The number of nitriles is 1. The number of likely N-dealkylation sites (tertiary alicyclic amines) is 1. The summed E-state index contributed by atoms with van der Waals surface area (Å²) in [6, 6.07) is 2.58. The average molecular weight is 389 g/mol. The summed E-state index contributed by atoms with van der Waals surface area (Å²) in [5.74, 6) is -2.65. The van der Waals surface area contributed by atoms with Crippen LogP contribution in [0.15, 0.2) is 0 Å². The molecule has 0 unspecified atom stereocenters. The minimum absolute atomic E-state index is 0.110. The molecule has 0 aromatic carbocycles. The van der Waals surface area contributed by atoms with E-state index in [0.717, 1.165) is 19.4 Å². The molecule has 27 heavy (non-hydrogen) atoms. The summed E-state index contributed by atoms with van der Waals surface area (Å²) in [7, 11) is 0. The number of alkyl halides is 3. The molecule has 6 nitrogen and oxygen atoms in total. The van der Waals surface area contributed by atoms with Gasteiger partial charge in [0.1, 0.15) is 6.04 Å². The van der Waals surface area contributed by atoms with Crippen molar-refractivity contribution >= 4 is 11.9 Å². The van der Waals surface area contributed by atoms with E-state index >= 15 is 0 Å². The number of carbonyl (C=O) groups is 2. The van der Waals surface area contributed by atoms with Gasteiger partial charge in [-0.05, 0) is 43.9 Å². The van der Waals surface area contributed by atoms with E-state index in [9.17, 15) is 18.0 Å². The van der Waals surface area contributed by atoms with Gasteiger partial charge in [-0.25, -0.2) is 4.79 Å². The summed E-state index contributed by atoms with van der Waals surface area (Å²) < 4.78 is 31.7. The molecule has 0 radical (unpaired) electrons. The lowest BCUT2D eigenvalue weighted by molar-refractivity contribution is -0.192. The van der Waals surface area contributed by atoms with Crippen LogP contribution in [0.5, 0.6) is 0 Å². The zero-order valence-electron chi connectivity index (χ0n) is 15.2. The van der Waals surface area contributed by atoms with Crippen LogP contribution in [0.25, 0.3) is 0 Å². The van der Waals surface area contributed by atoms with Gasteiger partial charge in [0.2, 0.25) is 5.91 Å². The first kappa shape index (κ1) is 21.5. The first-order valence-corrected chi connectivity index (χ1v) is 9.39. The van der Waals surface area contributed by atoms with Crippen LogP contribution >= 0.6 is 0 Å². The quantitative estimate of drug-likeness (QED) is 0.774. The van der Waals surface area contributed by atoms with E-state index in [-0.39, 0.29) is 11.9 Å². The van der Waals surface area contributed by atoms with Crippen LogP contribution in [-0.2, 0) is 9.59 Å². The first-order valence-electron chi connectivity index (χ1n) is 9.39. The van der Waals surface area contributed by atoms with Gasteiger partial charge in [-0.2, -0.15) is 18.4 Å². The Hall–Kier alpha value is -1.82. The molecule has 9 heteroatoms. The highest BCUT2D eigenvalue weighted by atomic mass is 19.4. The van der Waals surface area contributed by atoms with Crippen LogP contribution in [0.3, 0.4) is 0 Å². The fourth-order valence-electron chi connectivity index (χ4n) is 4.37. The van der Waals surface area contributed by atoms with Crippen LogP contribution in [0, 0.1) is 16.7 Å². The third-order valence-electron chi connectivity index (χ3n) is 5.78. The second kappa shape index (κ2) is 8.91. The Labute approximate surface area is 156 Å². The molecule has 0 bridgehead atoms. The highest BCUT2D eigenvalue weighted by Gasteiger charge is 2.44. The van der Waals surface area contributed by atoms with E-state index in [1.54, 1.807) is 4.90 Å². The van der Waals surface area contributed by atoms with Gasteiger partial charge in [0.25, 0.3) is 0 Å². The molecule has 1 saturated heterocycles. The number of aliphatic carboxylic acids is 1. The van der Waals surface area contributed by atoms with Gasteiger partial charge in [0.05, 0.1) is 12.6 Å². The smallest absolute Gasteiger partial charge is 0.475 e. The molecule has 0 aromatic rings. The summed E-state index contributed by atoms with van der Waals surface area (Å²) in [5, 5.41) is 19.6. The molecular weight excluding hydrogens is 363 g/mol. The van der Waals surface area contributed by atoms with E-state index < -0.39 is 12.1 Å². The largest absolute Gasteiger partial charge is 0.490 e. The molecule has 3 fully saturated rings. The van der Waals surface area contributed by atoms with Crippen LogP contribution in [-0.4, -0.2) is 53.2 Å². The van der Waals surface area contributed by atoms with Crippen LogP contribution < -0.4 is 5.32 Å². The van der Waals surface area contributed by atoms with Gasteiger partial charge in [-0.15, -0.1) is 0 Å². The fraction of sp³-hybridized carbons (Fsp3) is 0.833. The SMILES string of the molecule is N#C[C@@H]1CCCN1C(=O)CNC1CC2(CCCCC2)C1.O=C(O)C(F)(F)F. The summed E-state index contributed by atoms with van der Waals surface area (Å²) in [4.78, 5) is 22.8. The third-order valence-corrected chi connectivity index (χ3v) is 5.78. The molecule has 152 valence electrons. The fourth-order valence-corrected chi connectivity index (χ4v) is 4.37. The van der Waals surface area contributed by atoms with Crippen LogP contribution in [0.1, 0.15) is 57.8 Å². The number of carbonyl (C=O) groups excluding carboxylic acids is 1. The summed E-state index contributed by atoms with van der Waals surface area (Å²) in [5.41, 5.74) is 0.613. The lowest BCUT2D eigenvalue weighted by Gasteiger charge is -2.50. The minimum atomic E-state index is -5.08. The van der Waals surface area contributed by atoms with Crippen molar-refractivity contribution in [1.29, 1.82) is 5.26 Å². The lowest BCUT2D eigenvalue weighted by atomic mass is 9.58. The second-order valence-corrected chi connectivity index (χ2v) is 7.72. The van der Waals surface area contributed by atoms with Crippen molar-refractivity contribution < 1.29 is 27.9 Å². The lowest BCUT2D eigenvalue weighted by Crippen LogP contribution is -2.52. The Morgan fingerprint density at radius 3 is 2.30 bits per heavy atom. The highest BCUT2D eigenvalue weighted by molar-refractivity contribution is 5.79. The van der Waals surface area contributed by atoms with Crippen molar-refractivity contribution in [3.8, 4) is 6.07 Å². The maximum Gasteiger partial charge on any atom is 0.490 e. The van der Waals surface area contributed by atoms with Crippen molar-refractivity contribution in [3.05, 3.63) is 0 Å². The van der Waals surface area contributed by atoms with Crippen molar-refractivity contribution in [1.82, 2.24) is 10.2 Å². The Morgan fingerprint density at radius 2 is 1.78 bits per heavy atom. The standard InChI is InChI=1S/C16H25N3O.C2HF3O2/c17-11-14-5-4-8-19(14)15(20)12-18-13-9-16(10-13)6-2-1-3-7-16;3-2(4,5)1(6)7/h13-14,18H,1-10,12H2;(H,6,7)/t14-;/m0./s1. The number of carboxylic acid groups (broad SMARTS) is 1. The molecule has 0 aromatic heterocycles. The van der Waals surface area contributed by atoms with Crippen molar-refractivity contribution in [2.45, 2.75) is 76.0 Å². The Balaban J connectivity index is 0.000000321. The Morgan fingerprint density at radius 1 is 1.19 bits per heavy atom. The number of amides is 1. The van der Waals surface area contributed by atoms with Crippen LogP contribution in [0.2, 0.25) is 0 Å². The van der Waals surface area contributed by atoms with E-state index in [4.69, 9.17) is 15.2 Å². The normalized spacial score (nSPS) is 24.5. The van der Waals surface area contributed by atoms with E-state index in [1.165, 1.54) is 44.9 Å². The minimum Gasteiger partial charge on any atom is -0.475 e. The molecule has 2 aliphatic carbocycles. The Kier molecular flexibility index (Phi) is 7.09. The predicted octanol–water partition coefficient (Wildman–Crippen LogP) is 2.84. The van der Waals surface area contributed by atoms with Gasteiger partial charge in [-0.1, -0.05) is 19.3 Å². The van der Waals surface area contributed by atoms with Crippen molar-refractivity contribution in [2.75, 3.05) is 13.1 Å². The molecule has 2 N–H and O–H groups in total. The first-order chi connectivity index (χ1) is 12.7. The zero-order chi connectivity index (χ0) is 20.1. The zero-order valence-corrected chi connectivity index (χ0v) is 15.2. The topological polar surface area (TPSA) is 93.4 Å². The molecule has 2 saturated carbocycles. The molecular formula is C18H26F3N3O3. The molecule has 3 aliphatic rings. The molecule has 1 aliphatic heterocycles. The van der Waals surface area contributed by atoms with E-state index in [1.807, 2.05) is 0 Å².